The molecular weight excluding hydrogens is 230 g/mol. The van der Waals surface area contributed by atoms with Gasteiger partial charge in [0.2, 0.25) is 5.91 Å². The fourth-order valence-electron chi connectivity index (χ4n) is 4.07. The fraction of sp³-hybridized carbons (Fsp3) is 0.857. The Morgan fingerprint density at radius 1 is 1.17 bits per heavy atom. The van der Waals surface area contributed by atoms with Crippen molar-refractivity contribution in [1.29, 1.82) is 0 Å². The average Bonchev–Trinajstić information content (AvgIpc) is 2.88. The first-order valence-electron chi connectivity index (χ1n) is 7.04. The van der Waals surface area contributed by atoms with Crippen LogP contribution in [0.25, 0.3) is 0 Å². The van der Waals surface area contributed by atoms with Crippen LogP contribution in [0.4, 0.5) is 0 Å². The molecule has 3 fully saturated rings. The van der Waals surface area contributed by atoms with E-state index in [1.807, 2.05) is 7.05 Å². The Balaban J connectivity index is 1.51. The van der Waals surface area contributed by atoms with E-state index in [1.165, 1.54) is 25.7 Å². The van der Waals surface area contributed by atoms with E-state index in [0.29, 0.717) is 12.3 Å². The molecule has 3 aliphatic carbocycles. The van der Waals surface area contributed by atoms with Crippen LogP contribution in [0, 0.1) is 29.6 Å². The molecule has 5 atom stereocenters. The Hall–Kier alpha value is -1.06. The van der Waals surface area contributed by atoms with Gasteiger partial charge in [0.1, 0.15) is 0 Å². The quantitative estimate of drug-likeness (QED) is 0.825. The van der Waals surface area contributed by atoms with Crippen molar-refractivity contribution in [3.63, 3.8) is 0 Å². The molecule has 4 heteroatoms. The van der Waals surface area contributed by atoms with Gasteiger partial charge < -0.3 is 10.0 Å². The molecule has 3 aliphatic rings. The molecule has 0 spiro atoms. The van der Waals surface area contributed by atoms with Crippen LogP contribution in [-0.2, 0) is 9.59 Å². The van der Waals surface area contributed by atoms with Crippen LogP contribution in [0.15, 0.2) is 0 Å². The minimum Gasteiger partial charge on any atom is -0.481 e. The van der Waals surface area contributed by atoms with Gasteiger partial charge in [-0.1, -0.05) is 6.42 Å². The van der Waals surface area contributed by atoms with E-state index in [-0.39, 0.29) is 11.8 Å². The lowest BCUT2D eigenvalue weighted by molar-refractivity contribution is -0.141. The third-order valence-corrected chi connectivity index (χ3v) is 5.19. The topological polar surface area (TPSA) is 57.6 Å². The van der Waals surface area contributed by atoms with Gasteiger partial charge >= 0.3 is 5.97 Å². The zero-order chi connectivity index (χ0) is 12.9. The van der Waals surface area contributed by atoms with Gasteiger partial charge in [-0.25, -0.2) is 0 Å². The summed E-state index contributed by atoms with van der Waals surface area (Å²) in [5.74, 6) is 0.952. The van der Waals surface area contributed by atoms with Crippen molar-refractivity contribution in [2.24, 2.45) is 29.6 Å². The average molecular weight is 251 g/mol. The molecule has 1 amide bonds. The molecule has 3 unspecified atom stereocenters. The monoisotopic (exact) mass is 251 g/mol. The van der Waals surface area contributed by atoms with E-state index in [2.05, 4.69) is 0 Å². The highest BCUT2D eigenvalue weighted by Gasteiger charge is 2.50. The van der Waals surface area contributed by atoms with Gasteiger partial charge in [0.05, 0.1) is 11.8 Å². The smallest absolute Gasteiger partial charge is 0.307 e. The molecule has 3 saturated carbocycles. The number of hydrogen-bond donors (Lipinski definition) is 1. The van der Waals surface area contributed by atoms with Crippen LogP contribution in [0.2, 0.25) is 0 Å². The number of hydrogen-bond acceptors (Lipinski definition) is 2. The lowest BCUT2D eigenvalue weighted by Crippen LogP contribution is -2.35. The summed E-state index contributed by atoms with van der Waals surface area (Å²) in [6, 6.07) is 0. The maximum atomic E-state index is 12.1. The highest BCUT2D eigenvalue weighted by Crippen LogP contribution is 2.48. The van der Waals surface area contributed by atoms with Crippen molar-refractivity contribution < 1.29 is 14.7 Å². The third-order valence-electron chi connectivity index (χ3n) is 5.19. The molecule has 1 N–H and O–H groups in total. The molecular formula is C14H21NO3. The van der Waals surface area contributed by atoms with E-state index in [4.69, 9.17) is 5.11 Å². The molecule has 0 aromatic heterocycles. The molecule has 2 bridgehead atoms. The molecule has 0 radical (unpaired) electrons. The van der Waals surface area contributed by atoms with Crippen molar-refractivity contribution >= 4 is 11.9 Å². The van der Waals surface area contributed by atoms with E-state index in [0.717, 1.165) is 18.4 Å². The zero-order valence-electron chi connectivity index (χ0n) is 10.8. The number of nitrogens with zero attached hydrogens (tertiary/aromatic N) is 1. The Morgan fingerprint density at radius 3 is 2.44 bits per heavy atom. The van der Waals surface area contributed by atoms with Crippen LogP contribution in [-0.4, -0.2) is 35.5 Å². The highest BCUT2D eigenvalue weighted by atomic mass is 16.4. The largest absolute Gasteiger partial charge is 0.481 e. The summed E-state index contributed by atoms with van der Waals surface area (Å²) in [5, 5.41) is 8.85. The van der Waals surface area contributed by atoms with Crippen molar-refractivity contribution in [3.05, 3.63) is 0 Å². The molecule has 0 aromatic rings. The number of carboxylic acids is 1. The molecule has 100 valence electrons. The van der Waals surface area contributed by atoms with Gasteiger partial charge in [-0.15, -0.1) is 0 Å². The number of carbonyl (C=O) groups is 2. The molecule has 3 rings (SSSR count). The van der Waals surface area contributed by atoms with Gasteiger partial charge in [0, 0.05) is 13.6 Å². The fourth-order valence-corrected chi connectivity index (χ4v) is 4.07. The Morgan fingerprint density at radius 2 is 1.94 bits per heavy atom. The number of aliphatic carboxylic acids is 1. The van der Waals surface area contributed by atoms with Gasteiger partial charge in [0.25, 0.3) is 0 Å². The first-order valence-corrected chi connectivity index (χ1v) is 7.04. The summed E-state index contributed by atoms with van der Waals surface area (Å²) in [6.07, 6.45) is 5.87. The lowest BCUT2D eigenvalue weighted by Gasteiger charge is -2.27. The van der Waals surface area contributed by atoms with Gasteiger partial charge in [-0.3, -0.25) is 9.59 Å². The summed E-state index contributed by atoms with van der Waals surface area (Å²) in [6.45, 7) is 0.836. The first-order chi connectivity index (χ1) is 8.56. The zero-order valence-corrected chi connectivity index (χ0v) is 10.8. The van der Waals surface area contributed by atoms with Crippen LogP contribution in [0.5, 0.6) is 0 Å². The summed E-state index contributed by atoms with van der Waals surface area (Å²) in [5.41, 5.74) is 0. The summed E-state index contributed by atoms with van der Waals surface area (Å²) in [4.78, 5) is 24.6. The number of carbonyl (C=O) groups excluding carboxylic acids is 1. The predicted octanol–water partition coefficient (Wildman–Crippen LogP) is 1.60. The highest BCUT2D eigenvalue weighted by molar-refractivity contribution is 5.89. The van der Waals surface area contributed by atoms with E-state index >= 15 is 0 Å². The summed E-state index contributed by atoms with van der Waals surface area (Å²) < 4.78 is 0. The molecule has 18 heavy (non-hydrogen) atoms. The minimum atomic E-state index is -0.818. The molecule has 4 nitrogen and oxygen atoms in total. The van der Waals surface area contributed by atoms with Crippen molar-refractivity contribution in [1.82, 2.24) is 4.90 Å². The Labute approximate surface area is 107 Å². The molecule has 0 aromatic carbocycles. The van der Waals surface area contributed by atoms with Gasteiger partial charge in [-0.2, -0.15) is 0 Å². The van der Waals surface area contributed by atoms with Crippen LogP contribution >= 0.6 is 0 Å². The molecule has 0 saturated heterocycles. The molecule has 0 aliphatic heterocycles. The Bertz CT molecular complexity index is 381. The van der Waals surface area contributed by atoms with Crippen molar-refractivity contribution in [3.8, 4) is 0 Å². The predicted molar refractivity (Wildman–Crippen MR) is 65.8 cm³/mol. The van der Waals surface area contributed by atoms with Crippen molar-refractivity contribution in [2.45, 2.75) is 32.1 Å². The maximum Gasteiger partial charge on any atom is 0.307 e. The van der Waals surface area contributed by atoms with Crippen LogP contribution in [0.1, 0.15) is 32.1 Å². The standard InChI is InChI=1S/C14H21NO3/c1-15(13(16)11-6-12(11)14(17)18)7-10-5-8-2-3-9(10)4-8/h8-12H,2-7H2,1H3,(H,17,18)/t8?,9?,10?,11-,12+/m1/s1. The van der Waals surface area contributed by atoms with Gasteiger partial charge in [0.15, 0.2) is 0 Å². The van der Waals surface area contributed by atoms with E-state index in [9.17, 15) is 9.59 Å². The normalized spacial score (nSPS) is 40.8. The number of fused-ring (bicyclic) bond motifs is 2. The third kappa shape index (κ3) is 2.02. The lowest BCUT2D eigenvalue weighted by atomic mass is 9.88. The second-order valence-corrected chi connectivity index (χ2v) is 6.44. The number of rotatable bonds is 4. The first kappa shape index (κ1) is 12.0. The van der Waals surface area contributed by atoms with Gasteiger partial charge in [-0.05, 0) is 43.4 Å². The van der Waals surface area contributed by atoms with Crippen LogP contribution < -0.4 is 0 Å². The van der Waals surface area contributed by atoms with E-state index in [1.54, 1.807) is 4.90 Å². The Kier molecular flexibility index (Phi) is 2.83. The number of carboxylic acid groups (broad SMARTS) is 1. The SMILES string of the molecule is CN(CC1CC2CCC1C2)C(=O)[C@@H]1C[C@@H]1C(=O)O. The van der Waals surface area contributed by atoms with Crippen LogP contribution in [0.3, 0.4) is 0 Å². The maximum absolute atomic E-state index is 12.1. The van der Waals surface area contributed by atoms with Crippen molar-refractivity contribution in [2.75, 3.05) is 13.6 Å². The second kappa shape index (κ2) is 4.25. The van der Waals surface area contributed by atoms with E-state index < -0.39 is 11.9 Å². The molecule has 0 heterocycles. The summed E-state index contributed by atoms with van der Waals surface area (Å²) in [7, 11) is 1.84. The number of amides is 1. The summed E-state index contributed by atoms with van der Waals surface area (Å²) >= 11 is 0. The minimum absolute atomic E-state index is 0.0465. The second-order valence-electron chi connectivity index (χ2n) is 6.44.